The number of morpholine rings is 1. The van der Waals surface area contributed by atoms with Crippen molar-refractivity contribution >= 4 is 33.1 Å². The molecule has 2 aliphatic rings. The Morgan fingerprint density at radius 2 is 2.03 bits per heavy atom. The van der Waals surface area contributed by atoms with Gasteiger partial charge in [-0.2, -0.15) is 4.52 Å². The summed E-state index contributed by atoms with van der Waals surface area (Å²) in [7, 11) is 0. The average molecular weight is 415 g/mol. The molecule has 4 heterocycles. The van der Waals surface area contributed by atoms with Gasteiger partial charge in [0.15, 0.2) is 5.65 Å². The Bertz CT molecular complexity index is 1050. The summed E-state index contributed by atoms with van der Waals surface area (Å²) in [5, 5.41) is 8.53. The number of aryl methyl sites for hydroxylation is 3. The quantitative estimate of drug-likeness (QED) is 0.643. The van der Waals surface area contributed by atoms with Crippen LogP contribution in [0.5, 0.6) is 0 Å². The Hall–Kier alpha value is -2.10. The number of nitrogens with one attached hydrogen (secondary N) is 1. The van der Waals surface area contributed by atoms with E-state index in [4.69, 9.17) is 9.72 Å². The van der Waals surface area contributed by atoms with Crippen molar-refractivity contribution in [3.63, 3.8) is 0 Å². The molecule has 9 heteroatoms. The minimum Gasteiger partial charge on any atom is -0.379 e. The van der Waals surface area contributed by atoms with E-state index in [1.165, 1.54) is 23.3 Å². The molecule has 1 fully saturated rings. The molecule has 3 aromatic rings. The van der Waals surface area contributed by atoms with E-state index in [9.17, 15) is 4.79 Å². The summed E-state index contributed by atoms with van der Waals surface area (Å²) in [5.41, 5.74) is 2.13. The summed E-state index contributed by atoms with van der Waals surface area (Å²) < 4.78 is 7.09. The number of fused-ring (bicyclic) bond motifs is 5. The molecule has 29 heavy (non-hydrogen) atoms. The predicted octanol–water partition coefficient (Wildman–Crippen LogP) is 1.98. The lowest BCUT2D eigenvalue weighted by Gasteiger charge is -2.26. The van der Waals surface area contributed by atoms with Crippen LogP contribution in [0.2, 0.25) is 0 Å². The monoisotopic (exact) mass is 414 g/mol. The van der Waals surface area contributed by atoms with Crippen molar-refractivity contribution < 1.29 is 9.53 Å². The van der Waals surface area contributed by atoms with Gasteiger partial charge in [0, 0.05) is 24.5 Å². The van der Waals surface area contributed by atoms with Crippen LogP contribution in [-0.4, -0.2) is 69.8 Å². The zero-order valence-electron chi connectivity index (χ0n) is 16.7. The van der Waals surface area contributed by atoms with Crippen LogP contribution in [0.25, 0.3) is 15.9 Å². The lowest BCUT2D eigenvalue weighted by Crippen LogP contribution is -2.38. The molecular formula is C20H26N6O2S. The van der Waals surface area contributed by atoms with E-state index in [1.54, 1.807) is 15.9 Å². The third-order valence-electron chi connectivity index (χ3n) is 5.80. The number of hydrogen-bond acceptors (Lipinski definition) is 7. The SMILES string of the molecule is Cc1nc2sc3c(c2c2nc(C(=O)NCCCN4CCOCC4)nn12)CCCC3. The highest BCUT2D eigenvalue weighted by atomic mass is 32.1. The second-order valence-electron chi connectivity index (χ2n) is 7.78. The number of amides is 1. The molecule has 1 saturated heterocycles. The number of rotatable bonds is 5. The van der Waals surface area contributed by atoms with Crippen LogP contribution >= 0.6 is 11.3 Å². The van der Waals surface area contributed by atoms with Crippen LogP contribution < -0.4 is 5.32 Å². The Morgan fingerprint density at radius 3 is 2.90 bits per heavy atom. The van der Waals surface area contributed by atoms with Gasteiger partial charge in [-0.3, -0.25) is 9.69 Å². The first kappa shape index (κ1) is 18.9. The lowest BCUT2D eigenvalue weighted by molar-refractivity contribution is 0.0374. The van der Waals surface area contributed by atoms with E-state index in [0.29, 0.717) is 6.54 Å². The summed E-state index contributed by atoms with van der Waals surface area (Å²) in [5.74, 6) is 0.779. The van der Waals surface area contributed by atoms with Gasteiger partial charge in [0.2, 0.25) is 5.82 Å². The van der Waals surface area contributed by atoms with E-state index >= 15 is 0 Å². The standard InChI is InChI=1S/C20H26N6O2S/c1-13-22-20-16(14-5-2-3-6-15(14)29-20)18-23-17(24-26(13)18)19(27)21-7-4-8-25-9-11-28-12-10-25/h2-12H2,1H3,(H,21,27). The maximum absolute atomic E-state index is 12.6. The van der Waals surface area contributed by atoms with Gasteiger partial charge in [-0.1, -0.05) is 0 Å². The maximum Gasteiger partial charge on any atom is 0.290 e. The second kappa shape index (κ2) is 7.97. The second-order valence-corrected chi connectivity index (χ2v) is 8.87. The highest BCUT2D eigenvalue weighted by molar-refractivity contribution is 7.19. The van der Waals surface area contributed by atoms with Crippen molar-refractivity contribution in [2.45, 2.75) is 39.0 Å². The third-order valence-corrected chi connectivity index (χ3v) is 6.98. The van der Waals surface area contributed by atoms with Gasteiger partial charge in [-0.25, -0.2) is 9.97 Å². The summed E-state index contributed by atoms with van der Waals surface area (Å²) in [6, 6.07) is 0. The molecule has 0 radical (unpaired) electrons. The third kappa shape index (κ3) is 3.62. The Balaban J connectivity index is 1.33. The summed E-state index contributed by atoms with van der Waals surface area (Å²) in [6.07, 6.45) is 5.52. The van der Waals surface area contributed by atoms with Crippen LogP contribution in [0.4, 0.5) is 0 Å². The topological polar surface area (TPSA) is 84.7 Å². The molecule has 5 rings (SSSR count). The fraction of sp³-hybridized carbons (Fsp3) is 0.600. The van der Waals surface area contributed by atoms with Gasteiger partial charge >= 0.3 is 0 Å². The van der Waals surface area contributed by atoms with Crippen molar-refractivity contribution in [1.29, 1.82) is 0 Å². The molecule has 1 aliphatic heterocycles. The Kier molecular flexibility index (Phi) is 5.19. The fourth-order valence-corrected chi connectivity index (χ4v) is 5.56. The average Bonchev–Trinajstić information content (AvgIpc) is 3.33. The fourth-order valence-electron chi connectivity index (χ4n) is 4.26. The van der Waals surface area contributed by atoms with E-state index in [1.807, 2.05) is 6.92 Å². The predicted molar refractivity (Wildman–Crippen MR) is 112 cm³/mol. The van der Waals surface area contributed by atoms with E-state index in [0.717, 1.165) is 73.8 Å². The molecule has 0 unspecified atom stereocenters. The molecule has 1 amide bonds. The minimum atomic E-state index is -0.215. The number of nitrogens with zero attached hydrogens (tertiary/aromatic N) is 5. The zero-order chi connectivity index (χ0) is 19.8. The van der Waals surface area contributed by atoms with E-state index in [-0.39, 0.29) is 11.7 Å². The van der Waals surface area contributed by atoms with Crippen molar-refractivity contribution in [1.82, 2.24) is 29.8 Å². The minimum absolute atomic E-state index is 0.215. The van der Waals surface area contributed by atoms with Crippen LogP contribution in [0.3, 0.4) is 0 Å². The Labute approximate surface area is 173 Å². The smallest absolute Gasteiger partial charge is 0.290 e. The number of thiophene rings is 1. The van der Waals surface area contributed by atoms with Gasteiger partial charge in [0.25, 0.3) is 5.91 Å². The largest absolute Gasteiger partial charge is 0.379 e. The first-order valence-corrected chi connectivity index (χ1v) is 11.3. The molecule has 3 aromatic heterocycles. The maximum atomic E-state index is 12.6. The van der Waals surface area contributed by atoms with E-state index < -0.39 is 0 Å². The molecule has 8 nitrogen and oxygen atoms in total. The highest BCUT2D eigenvalue weighted by Crippen LogP contribution is 2.37. The molecule has 154 valence electrons. The Morgan fingerprint density at radius 1 is 1.21 bits per heavy atom. The number of carbonyl (C=O) groups excluding carboxylic acids is 1. The molecule has 0 bridgehead atoms. The van der Waals surface area contributed by atoms with Crippen molar-refractivity contribution in [3.05, 3.63) is 22.1 Å². The molecule has 1 N–H and O–H groups in total. The van der Waals surface area contributed by atoms with Crippen molar-refractivity contribution in [2.24, 2.45) is 0 Å². The molecule has 0 spiro atoms. The zero-order valence-corrected chi connectivity index (χ0v) is 17.6. The van der Waals surface area contributed by atoms with Gasteiger partial charge in [0.05, 0.1) is 18.6 Å². The summed E-state index contributed by atoms with van der Waals surface area (Å²) in [4.78, 5) is 26.8. The van der Waals surface area contributed by atoms with Gasteiger partial charge in [-0.05, 0) is 51.1 Å². The number of hydrogen-bond donors (Lipinski definition) is 1. The first-order valence-electron chi connectivity index (χ1n) is 10.5. The van der Waals surface area contributed by atoms with Gasteiger partial charge in [-0.15, -0.1) is 16.4 Å². The highest BCUT2D eigenvalue weighted by Gasteiger charge is 2.23. The van der Waals surface area contributed by atoms with Crippen LogP contribution in [-0.2, 0) is 17.6 Å². The number of carbonyl (C=O) groups is 1. The number of ether oxygens (including phenoxy) is 1. The van der Waals surface area contributed by atoms with Crippen LogP contribution in [0.1, 0.15) is 46.1 Å². The molecule has 0 aromatic carbocycles. The molecule has 0 atom stereocenters. The van der Waals surface area contributed by atoms with Gasteiger partial charge in [0.1, 0.15) is 10.7 Å². The molecular weight excluding hydrogens is 388 g/mol. The van der Waals surface area contributed by atoms with Crippen molar-refractivity contribution in [3.8, 4) is 0 Å². The van der Waals surface area contributed by atoms with E-state index in [2.05, 4.69) is 20.3 Å². The normalized spacial score (nSPS) is 17.7. The van der Waals surface area contributed by atoms with Crippen LogP contribution in [0.15, 0.2) is 0 Å². The lowest BCUT2D eigenvalue weighted by atomic mass is 9.97. The van der Waals surface area contributed by atoms with Gasteiger partial charge < -0.3 is 10.1 Å². The molecule has 0 saturated carbocycles. The summed E-state index contributed by atoms with van der Waals surface area (Å²) >= 11 is 1.77. The first-order chi connectivity index (χ1) is 14.2. The van der Waals surface area contributed by atoms with Crippen LogP contribution in [0, 0.1) is 6.92 Å². The number of aromatic nitrogens is 4. The molecule has 1 aliphatic carbocycles. The van der Waals surface area contributed by atoms with Crippen molar-refractivity contribution in [2.75, 3.05) is 39.4 Å². The summed E-state index contributed by atoms with van der Waals surface area (Å²) in [6.45, 7) is 7.03.